The van der Waals surface area contributed by atoms with Gasteiger partial charge in [0.2, 0.25) is 5.91 Å². The summed E-state index contributed by atoms with van der Waals surface area (Å²) in [5, 5.41) is 8.19. The second-order valence-corrected chi connectivity index (χ2v) is 7.17. The predicted molar refractivity (Wildman–Crippen MR) is 97.4 cm³/mol. The van der Waals surface area contributed by atoms with Gasteiger partial charge in [0.05, 0.1) is 17.9 Å². The smallest absolute Gasteiger partial charge is 0.321 e. The van der Waals surface area contributed by atoms with E-state index in [1.54, 1.807) is 0 Å². The van der Waals surface area contributed by atoms with Crippen molar-refractivity contribution in [2.75, 3.05) is 29.9 Å². The Morgan fingerprint density at radius 1 is 1.08 bits per heavy atom. The fourth-order valence-electron chi connectivity index (χ4n) is 2.75. The lowest BCUT2D eigenvalue weighted by Crippen LogP contribution is -2.49. The average molecular weight is 332 g/mol. The first kappa shape index (κ1) is 18.1. The molecule has 132 valence electrons. The van der Waals surface area contributed by atoms with Crippen LogP contribution in [0.25, 0.3) is 0 Å². The number of imide groups is 1. The largest absolute Gasteiger partial charge is 0.374 e. The van der Waals surface area contributed by atoms with Gasteiger partial charge in [0.15, 0.2) is 0 Å². The Kier molecular flexibility index (Phi) is 6.06. The minimum atomic E-state index is -0.474. The van der Waals surface area contributed by atoms with Crippen molar-refractivity contribution in [1.29, 1.82) is 0 Å². The molecule has 0 unspecified atom stereocenters. The normalized spacial score (nSPS) is 14.9. The molecule has 6 heteroatoms. The first-order chi connectivity index (χ1) is 11.3. The Balaban J connectivity index is 1.90. The van der Waals surface area contributed by atoms with Crippen LogP contribution in [0.1, 0.15) is 40.0 Å². The van der Waals surface area contributed by atoms with E-state index in [4.69, 9.17) is 0 Å². The van der Waals surface area contributed by atoms with Crippen LogP contribution < -0.4 is 20.9 Å². The first-order valence-corrected chi connectivity index (χ1v) is 8.55. The lowest BCUT2D eigenvalue weighted by Gasteiger charge is -2.30. The van der Waals surface area contributed by atoms with Crippen LogP contribution in [0.2, 0.25) is 0 Å². The molecule has 6 nitrogen and oxygen atoms in total. The van der Waals surface area contributed by atoms with Gasteiger partial charge in [-0.2, -0.15) is 0 Å². The second-order valence-electron chi connectivity index (χ2n) is 7.17. The number of hydrogen-bond acceptors (Lipinski definition) is 4. The molecule has 2 rings (SSSR count). The standard InChI is InChI=1S/C18H28N4O2/c1-18(2,3)21-17(24)20-16(23)13-19-14-9-5-6-10-15(14)22-11-7-4-8-12-22/h5-6,9-10,19H,4,7-8,11-13H2,1-3H3,(H2,20,21,23,24). The van der Waals surface area contributed by atoms with Gasteiger partial charge in [0, 0.05) is 18.6 Å². The zero-order valence-electron chi connectivity index (χ0n) is 14.8. The SMILES string of the molecule is CC(C)(C)NC(=O)NC(=O)CNc1ccccc1N1CCCCC1. The van der Waals surface area contributed by atoms with Crippen LogP contribution in [0.15, 0.2) is 24.3 Å². The number of amides is 3. The molecular formula is C18H28N4O2. The number of para-hydroxylation sites is 2. The van der Waals surface area contributed by atoms with Gasteiger partial charge in [0.1, 0.15) is 0 Å². The number of nitrogens with one attached hydrogen (secondary N) is 3. The molecule has 1 aromatic rings. The van der Waals surface area contributed by atoms with E-state index in [-0.39, 0.29) is 18.0 Å². The first-order valence-electron chi connectivity index (χ1n) is 8.55. The van der Waals surface area contributed by atoms with Gasteiger partial charge in [-0.1, -0.05) is 12.1 Å². The summed E-state index contributed by atoms with van der Waals surface area (Å²) in [6.07, 6.45) is 3.67. The minimum Gasteiger partial charge on any atom is -0.374 e. The summed E-state index contributed by atoms with van der Waals surface area (Å²) in [7, 11) is 0. The molecule has 0 radical (unpaired) electrons. The highest BCUT2D eigenvalue weighted by molar-refractivity contribution is 5.96. The van der Waals surface area contributed by atoms with Crippen LogP contribution in [0.4, 0.5) is 16.2 Å². The van der Waals surface area contributed by atoms with E-state index in [0.29, 0.717) is 0 Å². The molecule has 0 spiro atoms. The van der Waals surface area contributed by atoms with Gasteiger partial charge < -0.3 is 15.5 Å². The summed E-state index contributed by atoms with van der Waals surface area (Å²) in [6.45, 7) is 7.73. The number of piperidine rings is 1. The molecule has 0 aliphatic carbocycles. The molecule has 1 aliphatic rings. The number of benzene rings is 1. The molecule has 1 saturated heterocycles. The number of carbonyl (C=O) groups excluding carboxylic acids is 2. The Hall–Kier alpha value is -2.24. The third kappa shape index (κ3) is 5.76. The van der Waals surface area contributed by atoms with Crippen molar-refractivity contribution < 1.29 is 9.59 Å². The highest BCUT2D eigenvalue weighted by Gasteiger charge is 2.17. The van der Waals surface area contributed by atoms with Crippen molar-refractivity contribution in [3.8, 4) is 0 Å². The number of rotatable bonds is 4. The van der Waals surface area contributed by atoms with E-state index in [1.807, 2.05) is 39.0 Å². The molecule has 0 atom stereocenters. The van der Waals surface area contributed by atoms with Gasteiger partial charge >= 0.3 is 6.03 Å². The average Bonchev–Trinajstić information content (AvgIpc) is 2.52. The number of urea groups is 1. The molecule has 3 amide bonds. The van der Waals surface area contributed by atoms with Gasteiger partial charge in [-0.05, 0) is 52.2 Å². The van der Waals surface area contributed by atoms with Crippen LogP contribution in [0.3, 0.4) is 0 Å². The molecule has 1 aromatic carbocycles. The van der Waals surface area contributed by atoms with Crippen molar-refractivity contribution in [3.63, 3.8) is 0 Å². The highest BCUT2D eigenvalue weighted by atomic mass is 16.2. The lowest BCUT2D eigenvalue weighted by atomic mass is 10.1. The van der Waals surface area contributed by atoms with Crippen molar-refractivity contribution in [1.82, 2.24) is 10.6 Å². The van der Waals surface area contributed by atoms with Gasteiger partial charge in [0.25, 0.3) is 0 Å². The summed E-state index contributed by atoms with van der Waals surface area (Å²) in [4.78, 5) is 26.0. The Morgan fingerprint density at radius 3 is 2.42 bits per heavy atom. The van der Waals surface area contributed by atoms with Crippen molar-refractivity contribution in [3.05, 3.63) is 24.3 Å². The quantitative estimate of drug-likeness (QED) is 0.793. The Bertz CT molecular complexity index is 575. The zero-order valence-corrected chi connectivity index (χ0v) is 14.8. The van der Waals surface area contributed by atoms with Crippen LogP contribution in [-0.2, 0) is 4.79 Å². The Morgan fingerprint density at radius 2 is 1.75 bits per heavy atom. The van der Waals surface area contributed by atoms with E-state index in [1.165, 1.54) is 19.3 Å². The number of nitrogens with zero attached hydrogens (tertiary/aromatic N) is 1. The summed E-state index contributed by atoms with van der Waals surface area (Å²) in [5.41, 5.74) is 1.66. The summed E-state index contributed by atoms with van der Waals surface area (Å²) in [6, 6.07) is 7.51. The maximum Gasteiger partial charge on any atom is 0.321 e. The van der Waals surface area contributed by atoms with Crippen molar-refractivity contribution >= 4 is 23.3 Å². The molecule has 0 saturated carbocycles. The second kappa shape index (κ2) is 8.04. The van der Waals surface area contributed by atoms with Crippen molar-refractivity contribution in [2.24, 2.45) is 0 Å². The molecule has 1 aliphatic heterocycles. The molecule has 0 bridgehead atoms. The van der Waals surface area contributed by atoms with Gasteiger partial charge in [-0.25, -0.2) is 4.79 Å². The fourth-order valence-corrected chi connectivity index (χ4v) is 2.75. The maximum absolute atomic E-state index is 12.0. The summed E-state index contributed by atoms with van der Waals surface area (Å²) < 4.78 is 0. The fraction of sp³-hybridized carbons (Fsp3) is 0.556. The number of anilines is 2. The van der Waals surface area contributed by atoms with E-state index < -0.39 is 6.03 Å². The van der Waals surface area contributed by atoms with Crippen LogP contribution in [-0.4, -0.2) is 37.1 Å². The highest BCUT2D eigenvalue weighted by Crippen LogP contribution is 2.27. The molecule has 3 N–H and O–H groups in total. The third-order valence-electron chi connectivity index (χ3n) is 3.78. The third-order valence-corrected chi connectivity index (χ3v) is 3.78. The van der Waals surface area contributed by atoms with E-state index in [9.17, 15) is 9.59 Å². The van der Waals surface area contributed by atoms with Gasteiger partial charge in [-0.15, -0.1) is 0 Å². The number of carbonyl (C=O) groups is 2. The summed E-state index contributed by atoms with van der Waals surface area (Å²) in [5.74, 6) is -0.356. The summed E-state index contributed by atoms with van der Waals surface area (Å²) >= 11 is 0. The topological polar surface area (TPSA) is 73.5 Å². The molecular weight excluding hydrogens is 304 g/mol. The monoisotopic (exact) mass is 332 g/mol. The predicted octanol–water partition coefficient (Wildman–Crippen LogP) is 2.71. The van der Waals surface area contributed by atoms with Crippen LogP contribution in [0, 0.1) is 0 Å². The van der Waals surface area contributed by atoms with Gasteiger partial charge in [-0.3, -0.25) is 10.1 Å². The van der Waals surface area contributed by atoms with Crippen molar-refractivity contribution in [2.45, 2.75) is 45.6 Å². The van der Waals surface area contributed by atoms with E-state index in [0.717, 1.165) is 24.5 Å². The van der Waals surface area contributed by atoms with E-state index >= 15 is 0 Å². The maximum atomic E-state index is 12.0. The zero-order chi connectivity index (χ0) is 17.6. The minimum absolute atomic E-state index is 0.0580. The van der Waals surface area contributed by atoms with E-state index in [2.05, 4.69) is 26.9 Å². The number of hydrogen-bond donors (Lipinski definition) is 3. The Labute approximate surface area is 144 Å². The molecule has 0 aromatic heterocycles. The van der Waals surface area contributed by atoms with Crippen LogP contribution in [0.5, 0.6) is 0 Å². The molecule has 1 heterocycles. The molecule has 1 fully saturated rings. The lowest BCUT2D eigenvalue weighted by molar-refractivity contribution is -0.118. The molecule has 24 heavy (non-hydrogen) atoms. The van der Waals surface area contributed by atoms with Crippen LogP contribution >= 0.6 is 0 Å².